The van der Waals surface area contributed by atoms with E-state index in [1.54, 1.807) is 12.3 Å². The average molecular weight is 326 g/mol. The van der Waals surface area contributed by atoms with Crippen molar-refractivity contribution in [3.8, 4) is 0 Å². The molecule has 1 aromatic heterocycles. The fourth-order valence-corrected chi connectivity index (χ4v) is 2.69. The van der Waals surface area contributed by atoms with Crippen molar-refractivity contribution in [1.82, 2.24) is 14.9 Å². The minimum absolute atomic E-state index is 0.162. The van der Waals surface area contributed by atoms with E-state index in [2.05, 4.69) is 33.2 Å². The molecule has 19 heavy (non-hydrogen) atoms. The van der Waals surface area contributed by atoms with Crippen LogP contribution in [-0.4, -0.2) is 16.1 Å². The minimum Gasteiger partial charge on any atom is -0.338 e. The molecule has 0 amide bonds. The van der Waals surface area contributed by atoms with E-state index in [9.17, 15) is 4.39 Å². The molecule has 0 aliphatic rings. The molecule has 0 spiro atoms. The summed E-state index contributed by atoms with van der Waals surface area (Å²) < 4.78 is 15.8. The zero-order chi connectivity index (χ0) is 13.8. The first-order chi connectivity index (χ1) is 9.08. The SMILES string of the molecule is CC(NCCc1nccn1C)c1ccc(F)cc1Br. The molecule has 1 aromatic carbocycles. The van der Waals surface area contributed by atoms with Crippen molar-refractivity contribution < 1.29 is 4.39 Å². The van der Waals surface area contributed by atoms with Gasteiger partial charge in [0.25, 0.3) is 0 Å². The topological polar surface area (TPSA) is 29.9 Å². The number of halogens is 2. The van der Waals surface area contributed by atoms with Gasteiger partial charge in [-0.1, -0.05) is 22.0 Å². The van der Waals surface area contributed by atoms with Gasteiger partial charge in [0.15, 0.2) is 0 Å². The molecule has 0 aliphatic carbocycles. The molecule has 2 aromatic rings. The maximum absolute atomic E-state index is 13.0. The molecular weight excluding hydrogens is 309 g/mol. The number of nitrogens with zero attached hydrogens (tertiary/aromatic N) is 2. The summed E-state index contributed by atoms with van der Waals surface area (Å²) in [5, 5.41) is 3.42. The van der Waals surface area contributed by atoms with Crippen molar-refractivity contribution in [3.05, 3.63) is 52.3 Å². The quantitative estimate of drug-likeness (QED) is 0.914. The lowest BCUT2D eigenvalue weighted by molar-refractivity contribution is 0.560. The van der Waals surface area contributed by atoms with Crippen molar-refractivity contribution in [2.45, 2.75) is 19.4 Å². The Morgan fingerprint density at radius 1 is 1.47 bits per heavy atom. The number of aromatic nitrogens is 2. The Kier molecular flexibility index (Phi) is 4.71. The summed E-state index contributed by atoms with van der Waals surface area (Å²) in [6, 6.07) is 4.94. The van der Waals surface area contributed by atoms with Gasteiger partial charge < -0.3 is 9.88 Å². The van der Waals surface area contributed by atoms with Crippen LogP contribution in [0, 0.1) is 5.82 Å². The molecule has 0 bridgehead atoms. The van der Waals surface area contributed by atoms with Gasteiger partial charge in [-0.25, -0.2) is 9.37 Å². The average Bonchev–Trinajstić information content (AvgIpc) is 2.75. The maximum Gasteiger partial charge on any atom is 0.124 e. The molecule has 1 heterocycles. The van der Waals surface area contributed by atoms with Gasteiger partial charge in [-0.2, -0.15) is 0 Å². The second-order valence-electron chi connectivity index (χ2n) is 4.55. The molecule has 0 saturated heterocycles. The molecule has 0 aliphatic heterocycles. The summed E-state index contributed by atoms with van der Waals surface area (Å²) in [5.74, 6) is 0.828. The lowest BCUT2D eigenvalue weighted by atomic mass is 10.1. The van der Waals surface area contributed by atoms with E-state index in [-0.39, 0.29) is 11.9 Å². The van der Waals surface area contributed by atoms with Crippen molar-refractivity contribution in [3.63, 3.8) is 0 Å². The summed E-state index contributed by atoms with van der Waals surface area (Å²) in [5.41, 5.74) is 1.06. The van der Waals surface area contributed by atoms with Crippen molar-refractivity contribution in [2.75, 3.05) is 6.54 Å². The van der Waals surface area contributed by atoms with Gasteiger partial charge >= 0.3 is 0 Å². The Bertz CT molecular complexity index is 553. The highest BCUT2D eigenvalue weighted by molar-refractivity contribution is 9.10. The number of nitrogens with one attached hydrogen (secondary N) is 1. The van der Waals surface area contributed by atoms with E-state index in [0.29, 0.717) is 0 Å². The molecule has 5 heteroatoms. The number of hydrogen-bond acceptors (Lipinski definition) is 2. The molecule has 2 rings (SSSR count). The van der Waals surface area contributed by atoms with Crippen LogP contribution in [0.4, 0.5) is 4.39 Å². The van der Waals surface area contributed by atoms with Crippen LogP contribution in [0.3, 0.4) is 0 Å². The molecule has 1 atom stereocenters. The van der Waals surface area contributed by atoms with Gasteiger partial charge in [0, 0.05) is 42.9 Å². The normalized spacial score (nSPS) is 12.6. The van der Waals surface area contributed by atoms with Crippen LogP contribution in [0.25, 0.3) is 0 Å². The van der Waals surface area contributed by atoms with Gasteiger partial charge in [0.2, 0.25) is 0 Å². The van der Waals surface area contributed by atoms with E-state index >= 15 is 0 Å². The Labute approximate surface area is 121 Å². The monoisotopic (exact) mass is 325 g/mol. The molecule has 1 unspecified atom stereocenters. The van der Waals surface area contributed by atoms with Crippen molar-refractivity contribution >= 4 is 15.9 Å². The first-order valence-corrected chi connectivity index (χ1v) is 7.01. The lowest BCUT2D eigenvalue weighted by Crippen LogP contribution is -2.22. The third-order valence-corrected chi connectivity index (χ3v) is 3.84. The second kappa shape index (κ2) is 6.30. The van der Waals surface area contributed by atoms with Crippen molar-refractivity contribution in [1.29, 1.82) is 0 Å². The Morgan fingerprint density at radius 3 is 2.89 bits per heavy atom. The van der Waals surface area contributed by atoms with Gasteiger partial charge in [0.05, 0.1) is 0 Å². The first kappa shape index (κ1) is 14.2. The third-order valence-electron chi connectivity index (χ3n) is 3.15. The fourth-order valence-electron chi connectivity index (χ4n) is 2.00. The minimum atomic E-state index is -0.226. The lowest BCUT2D eigenvalue weighted by Gasteiger charge is -2.15. The largest absolute Gasteiger partial charge is 0.338 e. The number of aryl methyl sites for hydroxylation is 1. The van der Waals surface area contributed by atoms with Crippen LogP contribution < -0.4 is 5.32 Å². The summed E-state index contributed by atoms with van der Waals surface area (Å²) in [6.45, 7) is 2.90. The summed E-state index contributed by atoms with van der Waals surface area (Å²) in [6.07, 6.45) is 4.61. The standard InChI is InChI=1S/C14H17BrFN3/c1-10(12-4-3-11(16)9-13(12)15)17-6-5-14-18-7-8-19(14)2/h3-4,7-10,17H,5-6H2,1-2H3. The van der Waals surface area contributed by atoms with Crippen LogP contribution >= 0.6 is 15.9 Å². The van der Waals surface area contributed by atoms with E-state index in [4.69, 9.17) is 0 Å². The number of imidazole rings is 1. The summed E-state index contributed by atoms with van der Waals surface area (Å²) >= 11 is 3.39. The Hall–Kier alpha value is -1.20. The first-order valence-electron chi connectivity index (χ1n) is 6.22. The van der Waals surface area contributed by atoms with Gasteiger partial charge in [-0.3, -0.25) is 0 Å². The number of hydrogen-bond donors (Lipinski definition) is 1. The Balaban J connectivity index is 1.91. The van der Waals surface area contributed by atoms with Crippen LogP contribution in [0.5, 0.6) is 0 Å². The van der Waals surface area contributed by atoms with E-state index in [1.165, 1.54) is 12.1 Å². The number of benzene rings is 1. The predicted octanol–water partition coefficient (Wildman–Crippen LogP) is 3.22. The smallest absolute Gasteiger partial charge is 0.124 e. The third kappa shape index (κ3) is 3.64. The molecule has 1 N–H and O–H groups in total. The van der Waals surface area contributed by atoms with Crippen LogP contribution in [0.2, 0.25) is 0 Å². The summed E-state index contributed by atoms with van der Waals surface area (Å²) in [7, 11) is 1.99. The van der Waals surface area contributed by atoms with Crippen molar-refractivity contribution in [2.24, 2.45) is 7.05 Å². The maximum atomic E-state index is 13.0. The van der Waals surface area contributed by atoms with E-state index < -0.39 is 0 Å². The summed E-state index contributed by atoms with van der Waals surface area (Å²) in [4.78, 5) is 4.28. The zero-order valence-electron chi connectivity index (χ0n) is 11.0. The highest BCUT2D eigenvalue weighted by atomic mass is 79.9. The molecule has 0 saturated carbocycles. The van der Waals surface area contributed by atoms with Crippen LogP contribution in [0.1, 0.15) is 24.4 Å². The van der Waals surface area contributed by atoms with Gasteiger partial charge in [-0.15, -0.1) is 0 Å². The fraction of sp³-hybridized carbons (Fsp3) is 0.357. The zero-order valence-corrected chi connectivity index (χ0v) is 12.6. The van der Waals surface area contributed by atoms with Gasteiger partial charge in [-0.05, 0) is 24.6 Å². The highest BCUT2D eigenvalue weighted by Crippen LogP contribution is 2.24. The number of rotatable bonds is 5. The molecule has 0 fully saturated rings. The highest BCUT2D eigenvalue weighted by Gasteiger charge is 2.09. The van der Waals surface area contributed by atoms with Crippen LogP contribution in [0.15, 0.2) is 35.1 Å². The van der Waals surface area contributed by atoms with E-state index in [1.807, 2.05) is 17.8 Å². The molecule has 0 radical (unpaired) electrons. The Morgan fingerprint density at radius 2 is 2.26 bits per heavy atom. The second-order valence-corrected chi connectivity index (χ2v) is 5.40. The van der Waals surface area contributed by atoms with Crippen LogP contribution in [-0.2, 0) is 13.5 Å². The predicted molar refractivity (Wildman–Crippen MR) is 77.4 cm³/mol. The van der Waals surface area contributed by atoms with E-state index in [0.717, 1.165) is 28.8 Å². The molecule has 3 nitrogen and oxygen atoms in total. The molecular formula is C14H17BrFN3. The molecule has 102 valence electrons. The van der Waals surface area contributed by atoms with Gasteiger partial charge in [0.1, 0.15) is 11.6 Å².